The summed E-state index contributed by atoms with van der Waals surface area (Å²) < 4.78 is 18.6. The van der Waals surface area contributed by atoms with Gasteiger partial charge >= 0.3 is 0 Å². The molecular weight excluding hydrogens is 259 g/mol. The van der Waals surface area contributed by atoms with Crippen LogP contribution >= 0.6 is 0 Å². The third-order valence-electron chi connectivity index (χ3n) is 2.91. The van der Waals surface area contributed by atoms with Crippen molar-refractivity contribution in [2.75, 3.05) is 0 Å². The summed E-state index contributed by atoms with van der Waals surface area (Å²) in [5, 5.41) is 13.5. The Morgan fingerprint density at radius 1 is 1.05 bits per heavy atom. The number of para-hydroxylation sites is 1. The van der Waals surface area contributed by atoms with E-state index < -0.39 is 0 Å². The average Bonchev–Trinajstić information content (AvgIpc) is 2.90. The summed E-state index contributed by atoms with van der Waals surface area (Å²) in [7, 11) is 0. The van der Waals surface area contributed by atoms with Crippen molar-refractivity contribution in [1.82, 2.24) is 10.1 Å². The van der Waals surface area contributed by atoms with Gasteiger partial charge < -0.3 is 9.63 Å². The smallest absolute Gasteiger partial charge is 0.261 e. The Kier molecular flexibility index (Phi) is 3.16. The van der Waals surface area contributed by atoms with Gasteiger partial charge in [-0.05, 0) is 23.8 Å². The van der Waals surface area contributed by atoms with Gasteiger partial charge in [0.25, 0.3) is 5.89 Å². The maximum absolute atomic E-state index is 13.5. The summed E-state index contributed by atoms with van der Waals surface area (Å²) in [4.78, 5) is 4.17. The van der Waals surface area contributed by atoms with E-state index in [0.29, 0.717) is 17.0 Å². The zero-order valence-corrected chi connectivity index (χ0v) is 10.5. The van der Waals surface area contributed by atoms with Crippen LogP contribution < -0.4 is 0 Å². The first kappa shape index (κ1) is 12.3. The molecule has 0 bridgehead atoms. The van der Waals surface area contributed by atoms with Crippen molar-refractivity contribution in [3.05, 3.63) is 65.7 Å². The first-order chi connectivity index (χ1) is 9.74. The summed E-state index contributed by atoms with van der Waals surface area (Å²) in [6.45, 7) is 0. The van der Waals surface area contributed by atoms with Crippen molar-refractivity contribution in [3.63, 3.8) is 0 Å². The number of hydrogen-bond acceptors (Lipinski definition) is 4. The van der Waals surface area contributed by atoms with E-state index in [1.54, 1.807) is 36.4 Å². The summed E-state index contributed by atoms with van der Waals surface area (Å²) in [5.41, 5.74) is 0.955. The van der Waals surface area contributed by atoms with E-state index in [1.165, 1.54) is 12.1 Å². The number of halogens is 1. The molecule has 100 valence electrons. The molecular formula is C15H11FN2O2. The molecule has 0 aliphatic carbocycles. The monoisotopic (exact) mass is 270 g/mol. The Morgan fingerprint density at radius 3 is 2.60 bits per heavy atom. The molecule has 0 aliphatic rings. The number of aromatic hydroxyl groups is 1. The van der Waals surface area contributed by atoms with E-state index in [0.717, 1.165) is 0 Å². The lowest BCUT2D eigenvalue weighted by Crippen LogP contribution is -1.94. The Hall–Kier alpha value is -2.69. The van der Waals surface area contributed by atoms with Crippen LogP contribution in [-0.4, -0.2) is 15.2 Å². The molecule has 5 heteroatoms. The molecule has 0 radical (unpaired) electrons. The second kappa shape index (κ2) is 5.13. The number of nitrogens with zero attached hydrogens (tertiary/aromatic N) is 2. The molecule has 1 N–H and O–H groups in total. The van der Waals surface area contributed by atoms with E-state index in [1.807, 2.05) is 0 Å². The van der Waals surface area contributed by atoms with Crippen molar-refractivity contribution in [3.8, 4) is 17.2 Å². The maximum Gasteiger partial charge on any atom is 0.261 e. The topological polar surface area (TPSA) is 59.2 Å². The zero-order chi connectivity index (χ0) is 13.9. The van der Waals surface area contributed by atoms with Gasteiger partial charge in [-0.2, -0.15) is 4.98 Å². The highest BCUT2D eigenvalue weighted by Crippen LogP contribution is 2.27. The largest absolute Gasteiger partial charge is 0.507 e. The molecule has 20 heavy (non-hydrogen) atoms. The van der Waals surface area contributed by atoms with Crippen LogP contribution in [-0.2, 0) is 6.42 Å². The molecule has 0 unspecified atom stereocenters. The fraction of sp³-hybridized carbons (Fsp3) is 0.0667. The number of benzene rings is 2. The van der Waals surface area contributed by atoms with Gasteiger partial charge in [0.1, 0.15) is 11.6 Å². The van der Waals surface area contributed by atoms with Gasteiger partial charge in [-0.25, -0.2) is 4.39 Å². The van der Waals surface area contributed by atoms with E-state index in [2.05, 4.69) is 10.1 Å². The van der Waals surface area contributed by atoms with Crippen molar-refractivity contribution < 1.29 is 14.0 Å². The average molecular weight is 270 g/mol. The molecule has 1 aromatic heterocycles. The minimum absolute atomic E-state index is 0.0635. The Morgan fingerprint density at radius 2 is 1.80 bits per heavy atom. The van der Waals surface area contributed by atoms with Crippen LogP contribution in [0.1, 0.15) is 11.4 Å². The second-order valence-corrected chi connectivity index (χ2v) is 4.30. The summed E-state index contributed by atoms with van der Waals surface area (Å²) >= 11 is 0. The van der Waals surface area contributed by atoms with Crippen molar-refractivity contribution in [2.45, 2.75) is 6.42 Å². The van der Waals surface area contributed by atoms with Gasteiger partial charge in [0.05, 0.1) is 5.56 Å². The normalized spacial score (nSPS) is 10.7. The Balaban J connectivity index is 1.88. The summed E-state index contributed by atoms with van der Waals surface area (Å²) in [5.74, 6) is 0.345. The van der Waals surface area contributed by atoms with Gasteiger partial charge in [0.2, 0.25) is 0 Å². The molecule has 0 atom stereocenters. The molecule has 0 aliphatic heterocycles. The fourth-order valence-corrected chi connectivity index (χ4v) is 1.90. The van der Waals surface area contributed by atoms with Gasteiger partial charge in [0, 0.05) is 6.42 Å². The van der Waals surface area contributed by atoms with E-state index in [4.69, 9.17) is 4.52 Å². The fourth-order valence-electron chi connectivity index (χ4n) is 1.90. The summed E-state index contributed by atoms with van der Waals surface area (Å²) in [6.07, 6.45) is 0.240. The first-order valence-corrected chi connectivity index (χ1v) is 6.08. The SMILES string of the molecule is Oc1ccccc1-c1nc(Cc2ccccc2F)no1. The number of aromatic nitrogens is 2. The lowest BCUT2D eigenvalue weighted by atomic mass is 10.1. The van der Waals surface area contributed by atoms with Gasteiger partial charge in [-0.15, -0.1) is 0 Å². The Bertz CT molecular complexity index is 740. The lowest BCUT2D eigenvalue weighted by molar-refractivity contribution is 0.418. The highest BCUT2D eigenvalue weighted by Gasteiger charge is 2.13. The van der Waals surface area contributed by atoms with Crippen LogP contribution in [0, 0.1) is 5.82 Å². The number of rotatable bonds is 3. The minimum Gasteiger partial charge on any atom is -0.507 e. The molecule has 0 saturated carbocycles. The molecule has 0 fully saturated rings. The highest BCUT2D eigenvalue weighted by molar-refractivity contribution is 5.61. The third kappa shape index (κ3) is 2.38. The van der Waals surface area contributed by atoms with Crippen molar-refractivity contribution in [2.24, 2.45) is 0 Å². The molecule has 1 heterocycles. The molecule has 4 nitrogen and oxygen atoms in total. The van der Waals surface area contributed by atoms with Crippen LogP contribution in [0.25, 0.3) is 11.5 Å². The maximum atomic E-state index is 13.5. The number of hydrogen-bond donors (Lipinski definition) is 1. The van der Waals surface area contributed by atoms with E-state index >= 15 is 0 Å². The molecule has 0 amide bonds. The van der Waals surface area contributed by atoms with Crippen LogP contribution in [0.3, 0.4) is 0 Å². The van der Waals surface area contributed by atoms with Crippen molar-refractivity contribution in [1.29, 1.82) is 0 Å². The molecule has 2 aromatic carbocycles. The highest BCUT2D eigenvalue weighted by atomic mass is 19.1. The predicted octanol–water partition coefficient (Wildman–Crippen LogP) is 3.17. The van der Waals surface area contributed by atoms with Crippen LogP contribution in [0.2, 0.25) is 0 Å². The molecule has 0 saturated heterocycles. The second-order valence-electron chi connectivity index (χ2n) is 4.30. The van der Waals surface area contributed by atoms with E-state index in [9.17, 15) is 9.50 Å². The lowest BCUT2D eigenvalue weighted by Gasteiger charge is -1.98. The predicted molar refractivity (Wildman–Crippen MR) is 70.6 cm³/mol. The van der Waals surface area contributed by atoms with Crippen LogP contribution in [0.5, 0.6) is 5.75 Å². The molecule has 3 rings (SSSR count). The van der Waals surface area contributed by atoms with Gasteiger partial charge in [0.15, 0.2) is 5.82 Å². The zero-order valence-electron chi connectivity index (χ0n) is 10.5. The van der Waals surface area contributed by atoms with Crippen LogP contribution in [0.4, 0.5) is 4.39 Å². The minimum atomic E-state index is -0.304. The van der Waals surface area contributed by atoms with Gasteiger partial charge in [-0.3, -0.25) is 0 Å². The number of phenols is 1. The molecule has 3 aromatic rings. The Labute approximate surface area is 114 Å². The number of phenolic OH excluding ortho intramolecular Hbond substituents is 1. The van der Waals surface area contributed by atoms with E-state index in [-0.39, 0.29) is 23.9 Å². The standard InChI is InChI=1S/C15H11FN2O2/c16-12-7-3-1-5-10(12)9-14-17-15(20-18-14)11-6-2-4-8-13(11)19/h1-8,19H,9H2. The molecule has 0 spiro atoms. The quantitative estimate of drug-likeness (QED) is 0.794. The first-order valence-electron chi connectivity index (χ1n) is 6.08. The van der Waals surface area contributed by atoms with Crippen LogP contribution in [0.15, 0.2) is 53.1 Å². The van der Waals surface area contributed by atoms with Crippen molar-refractivity contribution >= 4 is 0 Å². The summed E-state index contributed by atoms with van der Waals surface area (Å²) in [6, 6.07) is 13.1. The van der Waals surface area contributed by atoms with Gasteiger partial charge in [-0.1, -0.05) is 35.5 Å². The third-order valence-corrected chi connectivity index (χ3v) is 2.91.